The minimum atomic E-state index is -0.0879. The summed E-state index contributed by atoms with van der Waals surface area (Å²) in [6, 6.07) is 0. The second kappa shape index (κ2) is 4.10. The topological polar surface area (TPSA) is 23.5 Å². The maximum atomic E-state index is 9.73. The average Bonchev–Trinajstić information content (AvgIpc) is 2.29. The van der Waals surface area contributed by atoms with Crippen LogP contribution in [0.3, 0.4) is 0 Å². The third-order valence-corrected chi connectivity index (χ3v) is 5.47. The van der Waals surface area contributed by atoms with Gasteiger partial charge >= 0.3 is 0 Å². The first-order valence-corrected chi connectivity index (χ1v) is 7.16. The van der Waals surface area contributed by atoms with Crippen LogP contribution in [-0.4, -0.2) is 35.7 Å². The minimum Gasteiger partial charge on any atom is -0.392 e. The zero-order valence-electron chi connectivity index (χ0n) is 11.2. The molecule has 2 nitrogen and oxygen atoms in total. The molecular weight excluding hydrogens is 210 g/mol. The third-order valence-electron chi connectivity index (χ3n) is 5.47. The fraction of sp³-hybridized carbons (Fsp3) is 0.867. The quantitative estimate of drug-likeness (QED) is 0.743. The van der Waals surface area contributed by atoms with Crippen molar-refractivity contribution < 1.29 is 5.11 Å². The molecule has 4 aliphatic rings. The zero-order valence-corrected chi connectivity index (χ0v) is 11.2. The van der Waals surface area contributed by atoms with E-state index in [1.165, 1.54) is 19.4 Å². The van der Waals surface area contributed by atoms with Gasteiger partial charge in [0, 0.05) is 13.1 Å². The van der Waals surface area contributed by atoms with E-state index in [4.69, 9.17) is 0 Å². The molecular formula is C15H25NO. The van der Waals surface area contributed by atoms with Crippen molar-refractivity contribution in [1.29, 1.82) is 0 Å². The number of hydrogen-bond donors (Lipinski definition) is 1. The molecule has 1 saturated heterocycles. The van der Waals surface area contributed by atoms with Crippen LogP contribution in [0.1, 0.15) is 39.5 Å². The Labute approximate surface area is 105 Å². The summed E-state index contributed by atoms with van der Waals surface area (Å²) in [5.41, 5.74) is 2.20. The number of piperidine rings is 1. The molecule has 1 aliphatic heterocycles. The molecule has 4 rings (SSSR count). The average molecular weight is 235 g/mol. The maximum Gasteiger partial charge on any atom is 0.0667 e. The molecule has 17 heavy (non-hydrogen) atoms. The molecule has 96 valence electrons. The second-order valence-corrected chi connectivity index (χ2v) is 6.85. The van der Waals surface area contributed by atoms with Crippen molar-refractivity contribution in [1.82, 2.24) is 4.90 Å². The number of aliphatic hydroxyl groups is 1. The predicted octanol–water partition coefficient (Wildman–Crippen LogP) is 2.44. The Hall–Kier alpha value is -0.340. The summed E-state index contributed by atoms with van der Waals surface area (Å²) in [6.45, 7) is 8.03. The normalized spacial score (nSPS) is 40.6. The van der Waals surface area contributed by atoms with E-state index in [9.17, 15) is 5.11 Å². The highest BCUT2D eigenvalue weighted by Crippen LogP contribution is 2.59. The van der Waals surface area contributed by atoms with Gasteiger partial charge in [0.1, 0.15) is 0 Å². The second-order valence-electron chi connectivity index (χ2n) is 6.85. The highest BCUT2D eigenvalue weighted by Gasteiger charge is 2.51. The van der Waals surface area contributed by atoms with Crippen LogP contribution in [0, 0.1) is 17.3 Å². The monoisotopic (exact) mass is 235 g/mol. The number of allylic oxidation sites excluding steroid dienone is 1. The summed E-state index contributed by atoms with van der Waals surface area (Å²) in [6.07, 6.45) is 7.25. The summed E-state index contributed by atoms with van der Waals surface area (Å²) in [5.74, 6) is 1.75. The van der Waals surface area contributed by atoms with Crippen molar-refractivity contribution in [3.63, 3.8) is 0 Å². The standard InChI is InChI=1S/C15H25NO/c1-15(2)12-6-5-11(14(15)8-12)9-16-7-3-4-13(17)10-16/h5,12-14,17H,3-4,6-10H2,1-2H3/t12-,13-,14+/m0/s1. The lowest BCUT2D eigenvalue weighted by Crippen LogP contribution is -2.50. The smallest absolute Gasteiger partial charge is 0.0667 e. The van der Waals surface area contributed by atoms with Crippen molar-refractivity contribution >= 4 is 0 Å². The highest BCUT2D eigenvalue weighted by atomic mass is 16.3. The Morgan fingerprint density at radius 2 is 2.29 bits per heavy atom. The van der Waals surface area contributed by atoms with Crippen molar-refractivity contribution in [2.45, 2.75) is 45.6 Å². The molecule has 2 bridgehead atoms. The number of aliphatic hydroxyl groups excluding tert-OH is 1. The number of fused-ring (bicyclic) bond motifs is 1. The van der Waals surface area contributed by atoms with Crippen molar-refractivity contribution in [2.24, 2.45) is 17.3 Å². The fourth-order valence-electron chi connectivity index (χ4n) is 4.09. The van der Waals surface area contributed by atoms with E-state index in [0.717, 1.165) is 37.8 Å². The van der Waals surface area contributed by atoms with Gasteiger partial charge in [-0.25, -0.2) is 0 Å². The van der Waals surface area contributed by atoms with Gasteiger partial charge in [-0.1, -0.05) is 25.5 Å². The lowest BCUT2D eigenvalue weighted by atomic mass is 9.49. The van der Waals surface area contributed by atoms with E-state index in [2.05, 4.69) is 24.8 Å². The van der Waals surface area contributed by atoms with Gasteiger partial charge in [0.2, 0.25) is 0 Å². The van der Waals surface area contributed by atoms with Crippen LogP contribution >= 0.6 is 0 Å². The molecule has 0 unspecified atom stereocenters. The van der Waals surface area contributed by atoms with E-state index < -0.39 is 0 Å². The van der Waals surface area contributed by atoms with Gasteiger partial charge in [0.25, 0.3) is 0 Å². The molecule has 1 saturated carbocycles. The molecule has 0 amide bonds. The maximum absolute atomic E-state index is 9.73. The van der Waals surface area contributed by atoms with Crippen molar-refractivity contribution in [2.75, 3.05) is 19.6 Å². The number of β-amino-alcohol motifs (C(OH)–C–C–N with tert-alkyl or cyclic N) is 1. The van der Waals surface area contributed by atoms with Gasteiger partial charge in [-0.2, -0.15) is 0 Å². The number of hydrogen-bond acceptors (Lipinski definition) is 2. The molecule has 0 aromatic carbocycles. The van der Waals surface area contributed by atoms with Gasteiger partial charge < -0.3 is 5.11 Å². The Morgan fingerprint density at radius 3 is 2.94 bits per heavy atom. The predicted molar refractivity (Wildman–Crippen MR) is 69.8 cm³/mol. The van der Waals surface area contributed by atoms with E-state index in [1.807, 2.05) is 0 Å². The molecule has 0 spiro atoms. The summed E-state index contributed by atoms with van der Waals surface area (Å²) < 4.78 is 0. The molecule has 0 aromatic rings. The molecule has 3 aliphatic carbocycles. The SMILES string of the molecule is CC1(C)[C@H]2CC=C(CN3CCC[C@H](O)C3)[C@H]1C2. The van der Waals surface area contributed by atoms with Crippen LogP contribution in [0.25, 0.3) is 0 Å². The first kappa shape index (κ1) is 11.7. The Bertz CT molecular complexity index is 334. The highest BCUT2D eigenvalue weighted by molar-refractivity contribution is 5.24. The van der Waals surface area contributed by atoms with Gasteiger partial charge in [-0.05, 0) is 49.5 Å². The number of rotatable bonds is 2. The molecule has 1 N–H and O–H groups in total. The summed E-state index contributed by atoms with van der Waals surface area (Å²) in [7, 11) is 0. The van der Waals surface area contributed by atoms with E-state index in [1.54, 1.807) is 5.57 Å². The summed E-state index contributed by atoms with van der Waals surface area (Å²) >= 11 is 0. The first-order chi connectivity index (χ1) is 8.07. The van der Waals surface area contributed by atoms with E-state index >= 15 is 0 Å². The summed E-state index contributed by atoms with van der Waals surface area (Å²) in [4.78, 5) is 2.45. The molecule has 1 heterocycles. The fourth-order valence-corrected chi connectivity index (χ4v) is 4.09. The number of nitrogens with zero attached hydrogens (tertiary/aromatic N) is 1. The van der Waals surface area contributed by atoms with Gasteiger partial charge in [0.05, 0.1) is 6.10 Å². The molecule has 0 radical (unpaired) electrons. The van der Waals surface area contributed by atoms with Gasteiger partial charge in [-0.15, -0.1) is 0 Å². The molecule has 2 heteroatoms. The minimum absolute atomic E-state index is 0.0879. The van der Waals surface area contributed by atoms with Crippen LogP contribution in [0.15, 0.2) is 11.6 Å². The lowest BCUT2D eigenvalue weighted by molar-refractivity contribution is -0.0136. The molecule has 2 fully saturated rings. The van der Waals surface area contributed by atoms with Gasteiger partial charge in [-0.3, -0.25) is 4.90 Å². The Balaban J connectivity index is 1.64. The van der Waals surface area contributed by atoms with Crippen molar-refractivity contribution in [3.8, 4) is 0 Å². The first-order valence-electron chi connectivity index (χ1n) is 7.16. The van der Waals surface area contributed by atoms with Crippen LogP contribution in [0.5, 0.6) is 0 Å². The van der Waals surface area contributed by atoms with Crippen LogP contribution in [-0.2, 0) is 0 Å². The zero-order chi connectivity index (χ0) is 12.0. The molecule has 3 atom stereocenters. The van der Waals surface area contributed by atoms with Gasteiger partial charge in [0.15, 0.2) is 0 Å². The van der Waals surface area contributed by atoms with Crippen molar-refractivity contribution in [3.05, 3.63) is 11.6 Å². The Kier molecular flexibility index (Phi) is 2.83. The van der Waals surface area contributed by atoms with Crippen LogP contribution in [0.4, 0.5) is 0 Å². The van der Waals surface area contributed by atoms with Crippen LogP contribution < -0.4 is 0 Å². The number of likely N-dealkylation sites (tertiary alicyclic amines) is 1. The third kappa shape index (κ3) is 1.96. The molecule has 0 aromatic heterocycles. The van der Waals surface area contributed by atoms with E-state index in [0.29, 0.717) is 5.41 Å². The van der Waals surface area contributed by atoms with E-state index in [-0.39, 0.29) is 6.10 Å². The Morgan fingerprint density at radius 1 is 1.47 bits per heavy atom. The lowest BCUT2D eigenvalue weighted by Gasteiger charge is -2.57. The summed E-state index contributed by atoms with van der Waals surface area (Å²) in [5, 5.41) is 9.73. The largest absolute Gasteiger partial charge is 0.392 e. The van der Waals surface area contributed by atoms with Crippen LogP contribution in [0.2, 0.25) is 0 Å².